The van der Waals surface area contributed by atoms with Crippen LogP contribution in [0.4, 0.5) is 11.4 Å². The number of fused-ring (bicyclic) bond motifs is 1. The number of thioether (sulfide) groups is 1. The van der Waals surface area contributed by atoms with Crippen LogP contribution >= 0.6 is 23.4 Å². The number of nitro benzene ring substituents is 1. The topological polar surface area (TPSA) is 102 Å². The van der Waals surface area contributed by atoms with Crippen molar-refractivity contribution in [2.24, 2.45) is 5.92 Å². The van der Waals surface area contributed by atoms with Crippen molar-refractivity contribution in [1.82, 2.24) is 9.97 Å². The van der Waals surface area contributed by atoms with Gasteiger partial charge in [0.25, 0.3) is 11.6 Å². The highest BCUT2D eigenvalue weighted by molar-refractivity contribution is 7.98. The summed E-state index contributed by atoms with van der Waals surface area (Å²) >= 11 is 7.42. The molecule has 2 aromatic carbocycles. The highest BCUT2D eigenvalue weighted by Crippen LogP contribution is 2.37. The van der Waals surface area contributed by atoms with E-state index in [0.29, 0.717) is 34.6 Å². The van der Waals surface area contributed by atoms with Crippen molar-refractivity contribution >= 4 is 51.6 Å². The van der Waals surface area contributed by atoms with Crippen LogP contribution < -0.4 is 4.90 Å². The Morgan fingerprint density at radius 3 is 2.68 bits per heavy atom. The van der Waals surface area contributed by atoms with Gasteiger partial charge in [0, 0.05) is 41.7 Å². The number of halogens is 1. The summed E-state index contributed by atoms with van der Waals surface area (Å²) in [5.74, 6) is 0.644. The molecule has 1 amide bonds. The Kier molecular flexibility index (Phi) is 6.21. The highest BCUT2D eigenvalue weighted by atomic mass is 35.5. The Bertz CT molecular complexity index is 1370. The normalized spacial score (nSPS) is 13.2. The van der Waals surface area contributed by atoms with Gasteiger partial charge in [0.1, 0.15) is 10.6 Å². The summed E-state index contributed by atoms with van der Waals surface area (Å²) in [7, 11) is 0. The van der Waals surface area contributed by atoms with E-state index >= 15 is 0 Å². The molecule has 2 aromatic heterocycles. The Labute approximate surface area is 204 Å². The van der Waals surface area contributed by atoms with E-state index in [1.807, 2.05) is 24.3 Å². The minimum absolute atomic E-state index is 0.0243. The number of carbonyl (C=O) groups is 1. The summed E-state index contributed by atoms with van der Waals surface area (Å²) in [4.78, 5) is 34.8. The lowest BCUT2D eigenvalue weighted by atomic mass is 10.1. The molecule has 2 heterocycles. The number of hydrogen-bond acceptors (Lipinski definition) is 7. The molecule has 0 spiro atoms. The second kappa shape index (κ2) is 9.44. The molecule has 0 atom stereocenters. The van der Waals surface area contributed by atoms with Gasteiger partial charge in [0.05, 0.1) is 10.6 Å². The molecule has 10 heteroatoms. The van der Waals surface area contributed by atoms with Gasteiger partial charge in [-0.05, 0) is 43.0 Å². The number of hydrogen-bond donors (Lipinski definition) is 0. The summed E-state index contributed by atoms with van der Waals surface area (Å²) in [5.41, 5.74) is 1.51. The molecule has 0 radical (unpaired) electrons. The number of aromatic nitrogens is 2. The number of nitro groups is 1. The molecule has 0 saturated heterocycles. The lowest BCUT2D eigenvalue weighted by molar-refractivity contribution is -0.384. The van der Waals surface area contributed by atoms with Gasteiger partial charge in [-0.15, -0.1) is 0 Å². The van der Waals surface area contributed by atoms with E-state index in [4.69, 9.17) is 16.0 Å². The monoisotopic (exact) mass is 494 g/mol. The maximum atomic E-state index is 13.9. The van der Waals surface area contributed by atoms with E-state index in [1.165, 1.54) is 23.9 Å². The zero-order chi connectivity index (χ0) is 23.7. The number of carbonyl (C=O) groups excluding carboxylic acids is 1. The SMILES string of the molecule is O=C(c1oc2ccccc2c1CSc1ncccn1)N(CC1CC1)c1ccc(Cl)c([N+](=O)[O-])c1. The summed E-state index contributed by atoms with van der Waals surface area (Å²) in [5, 5.41) is 12.9. The van der Waals surface area contributed by atoms with Crippen LogP contribution in [0.25, 0.3) is 11.0 Å². The van der Waals surface area contributed by atoms with E-state index in [-0.39, 0.29) is 22.4 Å². The van der Waals surface area contributed by atoms with Crippen LogP contribution in [0, 0.1) is 16.0 Å². The number of anilines is 1. The fraction of sp³-hybridized carbons (Fsp3) is 0.208. The number of rotatable bonds is 8. The molecule has 0 aliphatic heterocycles. The van der Waals surface area contributed by atoms with Crippen LogP contribution in [0.15, 0.2) is 70.5 Å². The molecule has 8 nitrogen and oxygen atoms in total. The average molecular weight is 495 g/mol. The van der Waals surface area contributed by atoms with Gasteiger partial charge in [-0.3, -0.25) is 14.9 Å². The van der Waals surface area contributed by atoms with Gasteiger partial charge in [-0.1, -0.05) is 41.6 Å². The van der Waals surface area contributed by atoms with Crippen molar-refractivity contribution < 1.29 is 14.1 Å². The maximum absolute atomic E-state index is 13.9. The second-order valence-electron chi connectivity index (χ2n) is 7.98. The van der Waals surface area contributed by atoms with Gasteiger partial charge in [-0.25, -0.2) is 9.97 Å². The number of nitrogens with zero attached hydrogens (tertiary/aromatic N) is 4. The van der Waals surface area contributed by atoms with Crippen molar-refractivity contribution in [2.75, 3.05) is 11.4 Å². The predicted octanol–water partition coefficient (Wildman–Crippen LogP) is 6.13. The van der Waals surface area contributed by atoms with Crippen LogP contribution in [0.3, 0.4) is 0 Å². The van der Waals surface area contributed by atoms with Gasteiger partial charge < -0.3 is 9.32 Å². The first-order chi connectivity index (χ1) is 16.5. The molecule has 5 rings (SSSR count). The standard InChI is InChI=1S/C24H19ClN4O4S/c25-19-9-8-16(12-20(19)29(31)32)28(13-15-6-7-15)23(30)22-18(14-34-24-26-10-3-11-27-24)17-4-1-2-5-21(17)33-22/h1-5,8-12,15H,6-7,13-14H2. The summed E-state index contributed by atoms with van der Waals surface area (Å²) in [6, 6.07) is 13.6. The molecule has 0 unspecified atom stereocenters. The average Bonchev–Trinajstić information content (AvgIpc) is 3.60. The lowest BCUT2D eigenvalue weighted by Crippen LogP contribution is -2.33. The maximum Gasteiger partial charge on any atom is 0.294 e. The smallest absolute Gasteiger partial charge is 0.294 e. The van der Waals surface area contributed by atoms with E-state index in [1.54, 1.807) is 29.4 Å². The third-order valence-electron chi connectivity index (χ3n) is 5.60. The molecule has 1 saturated carbocycles. The Morgan fingerprint density at radius 2 is 1.94 bits per heavy atom. The molecule has 4 aromatic rings. The van der Waals surface area contributed by atoms with Crippen LogP contribution in [-0.2, 0) is 5.75 Å². The van der Waals surface area contributed by atoms with Gasteiger partial charge in [-0.2, -0.15) is 0 Å². The zero-order valence-electron chi connectivity index (χ0n) is 17.9. The molecule has 0 N–H and O–H groups in total. The Morgan fingerprint density at radius 1 is 1.18 bits per heavy atom. The molecular weight excluding hydrogens is 476 g/mol. The molecule has 1 aliphatic rings. The zero-order valence-corrected chi connectivity index (χ0v) is 19.5. The summed E-state index contributed by atoms with van der Waals surface area (Å²) in [6.07, 6.45) is 5.35. The van der Waals surface area contributed by atoms with Gasteiger partial charge >= 0.3 is 0 Å². The Hall–Kier alpha value is -3.43. The minimum atomic E-state index is -0.547. The quantitative estimate of drug-likeness (QED) is 0.125. The number of benzene rings is 2. The molecule has 1 fully saturated rings. The van der Waals surface area contributed by atoms with Crippen molar-refractivity contribution in [3.05, 3.63) is 87.4 Å². The van der Waals surface area contributed by atoms with Crippen molar-refractivity contribution in [1.29, 1.82) is 0 Å². The van der Waals surface area contributed by atoms with Crippen molar-refractivity contribution in [3.8, 4) is 0 Å². The summed E-state index contributed by atoms with van der Waals surface area (Å²) in [6.45, 7) is 0.447. The molecular formula is C24H19ClN4O4S. The fourth-order valence-electron chi connectivity index (χ4n) is 3.71. The molecule has 34 heavy (non-hydrogen) atoms. The third kappa shape index (κ3) is 4.62. The lowest BCUT2D eigenvalue weighted by Gasteiger charge is -2.22. The first-order valence-corrected chi connectivity index (χ1v) is 12.0. The van der Waals surface area contributed by atoms with Crippen LogP contribution in [0.1, 0.15) is 29.0 Å². The first-order valence-electron chi connectivity index (χ1n) is 10.7. The van der Waals surface area contributed by atoms with Crippen molar-refractivity contribution in [2.45, 2.75) is 23.8 Å². The van der Waals surface area contributed by atoms with E-state index in [0.717, 1.165) is 23.8 Å². The van der Waals surface area contributed by atoms with Crippen molar-refractivity contribution in [3.63, 3.8) is 0 Å². The fourth-order valence-corrected chi connectivity index (χ4v) is 4.72. The largest absolute Gasteiger partial charge is 0.451 e. The van der Waals surface area contributed by atoms with Gasteiger partial charge in [0.2, 0.25) is 0 Å². The third-order valence-corrected chi connectivity index (χ3v) is 6.82. The van der Waals surface area contributed by atoms with Crippen LogP contribution in [0.5, 0.6) is 0 Å². The highest BCUT2D eigenvalue weighted by Gasteiger charge is 2.32. The predicted molar refractivity (Wildman–Crippen MR) is 130 cm³/mol. The first kappa shape index (κ1) is 22.4. The molecule has 0 bridgehead atoms. The number of amides is 1. The van der Waals surface area contributed by atoms with E-state index in [9.17, 15) is 14.9 Å². The van der Waals surface area contributed by atoms with Crippen LogP contribution in [-0.4, -0.2) is 27.3 Å². The number of furan rings is 1. The van der Waals surface area contributed by atoms with E-state index < -0.39 is 4.92 Å². The molecule has 172 valence electrons. The second-order valence-corrected chi connectivity index (χ2v) is 9.33. The van der Waals surface area contributed by atoms with E-state index in [2.05, 4.69) is 9.97 Å². The van der Waals surface area contributed by atoms with Gasteiger partial charge in [0.15, 0.2) is 10.9 Å². The Balaban J connectivity index is 1.55. The number of para-hydroxylation sites is 1. The minimum Gasteiger partial charge on any atom is -0.451 e. The van der Waals surface area contributed by atoms with Crippen LogP contribution in [0.2, 0.25) is 5.02 Å². The summed E-state index contributed by atoms with van der Waals surface area (Å²) < 4.78 is 6.05. The molecule has 1 aliphatic carbocycles.